The van der Waals surface area contributed by atoms with Gasteiger partial charge in [0.05, 0.1) is 13.2 Å². The normalized spacial score (nSPS) is 11.1. The Hall–Kier alpha value is -3.28. The van der Waals surface area contributed by atoms with Crippen molar-refractivity contribution in [3.05, 3.63) is 47.5 Å². The number of hydrogen-bond acceptors (Lipinski definition) is 6. The van der Waals surface area contributed by atoms with Crippen molar-refractivity contribution in [2.45, 2.75) is 118 Å². The second kappa shape index (κ2) is 18.3. The molecule has 6 heteroatoms. The fraction of sp³-hybridized carbons (Fsp3) is 0.556. The molecular formula is C36H50O6. The minimum absolute atomic E-state index is 0.326. The molecule has 0 aliphatic rings. The molecule has 0 radical (unpaired) electrons. The van der Waals surface area contributed by atoms with Crippen LogP contribution in [0.1, 0.15) is 116 Å². The van der Waals surface area contributed by atoms with Gasteiger partial charge in [-0.2, -0.15) is 0 Å². The predicted molar refractivity (Wildman–Crippen MR) is 171 cm³/mol. The molecule has 3 aromatic rings. The van der Waals surface area contributed by atoms with Gasteiger partial charge in [0.1, 0.15) is 5.75 Å². The van der Waals surface area contributed by atoms with Gasteiger partial charge in [0, 0.05) is 21.5 Å². The molecule has 230 valence electrons. The summed E-state index contributed by atoms with van der Waals surface area (Å²) in [6.45, 7) is 9.17. The van der Waals surface area contributed by atoms with E-state index in [2.05, 4.69) is 27.7 Å². The first-order chi connectivity index (χ1) is 20.5. The van der Waals surface area contributed by atoms with E-state index in [1.807, 2.05) is 36.4 Å². The number of hydrogen-bond donors (Lipinski definition) is 0. The van der Waals surface area contributed by atoms with Crippen LogP contribution in [-0.2, 0) is 22.3 Å². The van der Waals surface area contributed by atoms with Crippen LogP contribution < -0.4 is 9.47 Å². The van der Waals surface area contributed by atoms with Gasteiger partial charge < -0.3 is 18.9 Å². The summed E-state index contributed by atoms with van der Waals surface area (Å²) in [5, 5.41) is 2.83. The van der Waals surface area contributed by atoms with Crippen molar-refractivity contribution in [3.8, 4) is 11.5 Å². The lowest BCUT2D eigenvalue weighted by Crippen LogP contribution is -2.14. The zero-order chi connectivity index (χ0) is 30.2. The Morgan fingerprint density at radius 2 is 1.14 bits per heavy atom. The number of fused-ring (bicyclic) bond motifs is 2. The molecule has 3 rings (SSSR count). The van der Waals surface area contributed by atoms with Crippen LogP contribution in [-0.4, -0.2) is 25.5 Å². The fourth-order valence-electron chi connectivity index (χ4n) is 5.35. The maximum atomic E-state index is 12.9. The number of benzene rings is 3. The fourth-order valence-corrected chi connectivity index (χ4v) is 5.35. The third kappa shape index (κ3) is 9.64. The van der Waals surface area contributed by atoms with Crippen LogP contribution in [0, 0.1) is 0 Å². The van der Waals surface area contributed by atoms with Gasteiger partial charge >= 0.3 is 12.3 Å². The Kier molecular flexibility index (Phi) is 14.5. The Morgan fingerprint density at radius 1 is 0.571 bits per heavy atom. The maximum absolute atomic E-state index is 12.9. The minimum atomic E-state index is -0.720. The zero-order valence-corrected chi connectivity index (χ0v) is 26.2. The lowest BCUT2D eigenvalue weighted by molar-refractivity contribution is 0.0965. The molecule has 0 saturated carbocycles. The first-order valence-electron chi connectivity index (χ1n) is 16.2. The van der Waals surface area contributed by atoms with Crippen molar-refractivity contribution in [3.63, 3.8) is 0 Å². The molecule has 0 aromatic heterocycles. The SMILES string of the molecule is CCCCCCCCOC(=O)Oc1c2cc(CC)ccc2c(OC(=O)OCCCCCCCC)c2c(CC)cccc12. The third-order valence-corrected chi connectivity index (χ3v) is 7.79. The molecule has 0 unspecified atom stereocenters. The summed E-state index contributed by atoms with van der Waals surface area (Å²) in [6.07, 6.45) is 13.3. The number of carbonyl (C=O) groups is 2. The molecule has 0 atom stereocenters. The molecule has 0 N–H and O–H groups in total. The van der Waals surface area contributed by atoms with Crippen molar-refractivity contribution < 1.29 is 28.5 Å². The van der Waals surface area contributed by atoms with Crippen molar-refractivity contribution in [1.29, 1.82) is 0 Å². The molecule has 6 nitrogen and oxygen atoms in total. The molecule has 42 heavy (non-hydrogen) atoms. The van der Waals surface area contributed by atoms with E-state index >= 15 is 0 Å². The molecule has 0 aliphatic carbocycles. The van der Waals surface area contributed by atoms with Crippen LogP contribution in [0.15, 0.2) is 36.4 Å². The summed E-state index contributed by atoms with van der Waals surface area (Å²) < 4.78 is 22.8. The number of unbranched alkanes of at least 4 members (excludes halogenated alkanes) is 10. The number of aryl methyl sites for hydroxylation is 2. The van der Waals surface area contributed by atoms with Gasteiger partial charge in [-0.25, -0.2) is 9.59 Å². The van der Waals surface area contributed by atoms with E-state index in [9.17, 15) is 9.59 Å². The van der Waals surface area contributed by atoms with Gasteiger partial charge in [0.2, 0.25) is 0 Å². The van der Waals surface area contributed by atoms with Gasteiger partial charge in [-0.3, -0.25) is 0 Å². The first kappa shape index (κ1) is 33.2. The molecule has 0 spiro atoms. The summed E-state index contributed by atoms with van der Waals surface area (Å²) in [6, 6.07) is 11.8. The van der Waals surface area contributed by atoms with Crippen molar-refractivity contribution in [2.75, 3.05) is 13.2 Å². The van der Waals surface area contributed by atoms with E-state index in [-0.39, 0.29) is 0 Å². The Morgan fingerprint density at radius 3 is 1.71 bits per heavy atom. The molecule has 0 amide bonds. The lowest BCUT2D eigenvalue weighted by atomic mass is 9.94. The molecule has 0 saturated heterocycles. The highest BCUT2D eigenvalue weighted by atomic mass is 16.7. The minimum Gasteiger partial charge on any atom is -0.434 e. The lowest BCUT2D eigenvalue weighted by Gasteiger charge is -2.18. The highest BCUT2D eigenvalue weighted by Gasteiger charge is 2.23. The van der Waals surface area contributed by atoms with Crippen molar-refractivity contribution in [2.24, 2.45) is 0 Å². The van der Waals surface area contributed by atoms with Crippen LogP contribution in [0.3, 0.4) is 0 Å². The smallest absolute Gasteiger partial charge is 0.434 e. The zero-order valence-electron chi connectivity index (χ0n) is 26.2. The predicted octanol–water partition coefficient (Wildman–Crippen LogP) is 10.9. The Labute approximate surface area is 252 Å². The summed E-state index contributed by atoms with van der Waals surface area (Å²) in [5.74, 6) is 0.854. The topological polar surface area (TPSA) is 71.1 Å². The van der Waals surface area contributed by atoms with E-state index in [0.29, 0.717) is 47.3 Å². The molecule has 0 heterocycles. The van der Waals surface area contributed by atoms with E-state index in [1.165, 1.54) is 38.5 Å². The van der Waals surface area contributed by atoms with Crippen molar-refractivity contribution >= 4 is 33.9 Å². The second-order valence-corrected chi connectivity index (χ2v) is 11.0. The highest BCUT2D eigenvalue weighted by molar-refractivity contribution is 6.13. The summed E-state index contributed by atoms with van der Waals surface area (Å²) >= 11 is 0. The average Bonchev–Trinajstić information content (AvgIpc) is 3.01. The van der Waals surface area contributed by atoms with E-state index in [0.717, 1.165) is 61.5 Å². The maximum Gasteiger partial charge on any atom is 0.513 e. The largest absolute Gasteiger partial charge is 0.513 e. The average molecular weight is 579 g/mol. The molecule has 0 fully saturated rings. The van der Waals surface area contributed by atoms with Crippen LogP contribution in [0.4, 0.5) is 9.59 Å². The van der Waals surface area contributed by atoms with Gasteiger partial charge in [0.25, 0.3) is 0 Å². The molecule has 0 aliphatic heterocycles. The van der Waals surface area contributed by atoms with Crippen LogP contribution in [0.5, 0.6) is 11.5 Å². The van der Waals surface area contributed by atoms with Crippen LogP contribution in [0.2, 0.25) is 0 Å². The molecule has 0 bridgehead atoms. The van der Waals surface area contributed by atoms with Gasteiger partial charge in [0.15, 0.2) is 5.75 Å². The van der Waals surface area contributed by atoms with E-state index in [1.54, 1.807) is 0 Å². The Balaban J connectivity index is 1.86. The quantitative estimate of drug-likeness (QED) is 0.0647. The first-order valence-corrected chi connectivity index (χ1v) is 16.2. The summed E-state index contributed by atoms with van der Waals surface area (Å²) in [5.41, 5.74) is 2.06. The summed E-state index contributed by atoms with van der Waals surface area (Å²) in [4.78, 5) is 25.8. The standard InChI is InChI=1S/C36H50O6/c1-5-9-11-13-15-17-24-39-35(37)41-33-30-21-19-20-28(8-4)32(30)34(29-23-22-27(7-3)26-31(29)33)42-36(38)40-25-18-16-14-12-10-6-2/h19-23,26H,5-18,24-25H2,1-4H3. The highest BCUT2D eigenvalue weighted by Crippen LogP contribution is 2.45. The molecular weight excluding hydrogens is 528 g/mol. The third-order valence-electron chi connectivity index (χ3n) is 7.79. The van der Waals surface area contributed by atoms with Crippen LogP contribution in [0.25, 0.3) is 21.5 Å². The van der Waals surface area contributed by atoms with Crippen LogP contribution >= 0.6 is 0 Å². The molecule has 3 aromatic carbocycles. The number of carbonyl (C=O) groups excluding carboxylic acids is 2. The van der Waals surface area contributed by atoms with Crippen molar-refractivity contribution in [1.82, 2.24) is 0 Å². The summed E-state index contributed by atoms with van der Waals surface area (Å²) in [7, 11) is 0. The van der Waals surface area contributed by atoms with Gasteiger partial charge in [-0.15, -0.1) is 0 Å². The van der Waals surface area contributed by atoms with Gasteiger partial charge in [-0.05, 0) is 42.9 Å². The van der Waals surface area contributed by atoms with E-state index < -0.39 is 12.3 Å². The monoisotopic (exact) mass is 578 g/mol. The number of rotatable bonds is 18. The number of ether oxygens (including phenoxy) is 4. The Bertz CT molecular complexity index is 1280. The van der Waals surface area contributed by atoms with Gasteiger partial charge in [-0.1, -0.05) is 122 Å². The second-order valence-electron chi connectivity index (χ2n) is 11.0. The van der Waals surface area contributed by atoms with E-state index in [4.69, 9.17) is 18.9 Å².